The van der Waals surface area contributed by atoms with E-state index in [-0.39, 0.29) is 17.8 Å². The number of hydrogen-bond acceptors (Lipinski definition) is 5. The number of ether oxygens (including phenoxy) is 2. The molecule has 7 nitrogen and oxygen atoms in total. The number of carbonyl (C=O) groups excluding carboxylic acids is 2. The van der Waals surface area contributed by atoms with Gasteiger partial charge in [0.2, 0.25) is 0 Å². The van der Waals surface area contributed by atoms with Gasteiger partial charge < -0.3 is 19.9 Å². The number of carbonyl (C=O) groups is 3. The van der Waals surface area contributed by atoms with Crippen molar-refractivity contribution in [3.05, 3.63) is 66.3 Å². The second-order valence-corrected chi connectivity index (χ2v) is 8.12. The molecule has 2 unspecified atom stereocenters. The van der Waals surface area contributed by atoms with Gasteiger partial charge >= 0.3 is 18.0 Å². The van der Waals surface area contributed by atoms with Gasteiger partial charge in [-0.25, -0.2) is 14.4 Å². The zero-order chi connectivity index (χ0) is 23.9. The highest BCUT2D eigenvalue weighted by Crippen LogP contribution is 2.33. The number of hydrogen-bond donors (Lipinski definition) is 2. The van der Waals surface area contributed by atoms with Crippen molar-refractivity contribution in [3.8, 4) is 0 Å². The van der Waals surface area contributed by atoms with E-state index >= 15 is 0 Å². The van der Waals surface area contributed by atoms with E-state index in [1.165, 1.54) is 13.8 Å². The minimum Gasteiger partial charge on any atom is -0.465 e. The minimum absolute atomic E-state index is 0.159. The Kier molecular flexibility index (Phi) is 8.79. The minimum atomic E-state index is -1.35. The van der Waals surface area contributed by atoms with Crippen LogP contribution >= 0.6 is 0 Å². The maximum atomic E-state index is 12.4. The van der Waals surface area contributed by atoms with Crippen molar-refractivity contribution in [3.63, 3.8) is 0 Å². The van der Waals surface area contributed by atoms with Crippen LogP contribution in [0.25, 0.3) is 5.57 Å². The molecule has 1 amide bonds. The van der Waals surface area contributed by atoms with Gasteiger partial charge in [0.05, 0.1) is 0 Å². The second kappa shape index (κ2) is 10.6. The molecule has 1 aromatic rings. The van der Waals surface area contributed by atoms with Gasteiger partial charge in [-0.3, -0.25) is 0 Å². The van der Waals surface area contributed by atoms with Crippen LogP contribution in [0.15, 0.2) is 55.1 Å². The molecular weight excluding hydrogens is 398 g/mol. The van der Waals surface area contributed by atoms with E-state index in [1.54, 1.807) is 0 Å². The Morgan fingerprint density at radius 1 is 1.00 bits per heavy atom. The number of esters is 2. The normalized spacial score (nSPS) is 12.8. The van der Waals surface area contributed by atoms with Crippen molar-refractivity contribution < 1.29 is 29.0 Å². The monoisotopic (exact) mass is 429 g/mol. The fourth-order valence-electron chi connectivity index (χ4n) is 2.95. The highest BCUT2D eigenvalue weighted by atomic mass is 16.6. The van der Waals surface area contributed by atoms with Crippen LogP contribution < -0.4 is 5.32 Å². The number of benzene rings is 1. The first-order chi connectivity index (χ1) is 14.3. The van der Waals surface area contributed by atoms with Gasteiger partial charge in [0, 0.05) is 16.6 Å². The average Bonchev–Trinajstić information content (AvgIpc) is 2.68. The Morgan fingerprint density at radius 2 is 1.52 bits per heavy atom. The quantitative estimate of drug-likeness (QED) is 0.426. The van der Waals surface area contributed by atoms with Crippen molar-refractivity contribution in [2.45, 2.75) is 52.2 Å². The van der Waals surface area contributed by atoms with E-state index in [0.29, 0.717) is 0 Å². The lowest BCUT2D eigenvalue weighted by molar-refractivity contribution is -0.152. The van der Waals surface area contributed by atoms with Gasteiger partial charge in [-0.2, -0.15) is 0 Å². The predicted molar refractivity (Wildman–Crippen MR) is 120 cm³/mol. The lowest BCUT2D eigenvalue weighted by Crippen LogP contribution is -2.55. The van der Waals surface area contributed by atoms with Crippen LogP contribution in [0, 0.1) is 0 Å². The molecule has 0 fully saturated rings. The Balaban J connectivity index is 3.40. The average molecular weight is 430 g/mol. The Hall–Kier alpha value is -3.35. The summed E-state index contributed by atoms with van der Waals surface area (Å²) in [6.07, 6.45) is -2.36. The molecule has 7 heteroatoms. The first kappa shape index (κ1) is 25.7. The van der Waals surface area contributed by atoms with Crippen LogP contribution in [-0.4, -0.2) is 41.9 Å². The molecular formula is C24H31NO6. The molecule has 1 rings (SSSR count). The fourth-order valence-corrected chi connectivity index (χ4v) is 2.95. The lowest BCUT2D eigenvalue weighted by Gasteiger charge is -2.39. The van der Waals surface area contributed by atoms with Crippen molar-refractivity contribution in [2.24, 2.45) is 0 Å². The van der Waals surface area contributed by atoms with Crippen LogP contribution in [0.3, 0.4) is 0 Å². The van der Waals surface area contributed by atoms with Crippen molar-refractivity contribution in [1.82, 2.24) is 5.32 Å². The van der Waals surface area contributed by atoms with Gasteiger partial charge in [-0.05, 0) is 31.9 Å². The largest absolute Gasteiger partial charge is 0.465 e. The van der Waals surface area contributed by atoms with Crippen LogP contribution in [-0.2, 0) is 24.5 Å². The smallest absolute Gasteiger partial charge is 0.405 e. The third kappa shape index (κ3) is 7.13. The highest BCUT2D eigenvalue weighted by molar-refractivity contribution is 5.87. The SMILES string of the molecule is C=C(C)C(=O)OCC(NC(=O)O)C(OC(=O)C(=C)C)C(C)(C)c1ccc(C(=C)C)cc1. The zero-order valence-corrected chi connectivity index (χ0v) is 18.8. The molecule has 168 valence electrons. The van der Waals surface area contributed by atoms with E-state index < -0.39 is 35.6 Å². The van der Waals surface area contributed by atoms with Crippen molar-refractivity contribution in [1.29, 1.82) is 0 Å². The highest BCUT2D eigenvalue weighted by Gasteiger charge is 2.42. The van der Waals surface area contributed by atoms with Crippen molar-refractivity contribution in [2.75, 3.05) is 6.61 Å². The molecule has 31 heavy (non-hydrogen) atoms. The predicted octanol–water partition coefficient (Wildman–Crippen LogP) is 4.24. The van der Waals surface area contributed by atoms with E-state index in [2.05, 4.69) is 25.1 Å². The molecule has 0 spiro atoms. The number of amides is 1. The van der Waals surface area contributed by atoms with Gasteiger partial charge in [-0.15, -0.1) is 0 Å². The number of carboxylic acid groups (broad SMARTS) is 1. The molecule has 2 N–H and O–H groups in total. The Bertz CT molecular complexity index is 882. The third-order valence-electron chi connectivity index (χ3n) is 4.83. The van der Waals surface area contributed by atoms with Gasteiger partial charge in [0.25, 0.3) is 0 Å². The maximum Gasteiger partial charge on any atom is 0.405 e. The first-order valence-electron chi connectivity index (χ1n) is 9.72. The molecule has 0 aromatic heterocycles. The van der Waals surface area contributed by atoms with Crippen LogP contribution in [0.2, 0.25) is 0 Å². The molecule has 0 aliphatic carbocycles. The molecule has 0 aliphatic rings. The summed E-state index contributed by atoms with van der Waals surface area (Å²) in [5.74, 6) is -1.36. The summed E-state index contributed by atoms with van der Waals surface area (Å²) in [7, 11) is 0. The molecule has 0 aliphatic heterocycles. The van der Waals surface area contributed by atoms with Gasteiger partial charge in [0.15, 0.2) is 0 Å². The van der Waals surface area contributed by atoms with Crippen molar-refractivity contribution >= 4 is 23.6 Å². The standard InChI is InChI=1S/C24H31NO6/c1-14(2)17-9-11-18(12-10-17)24(7,8)20(31-22(27)16(5)6)19(25-23(28)29)13-30-21(26)15(3)4/h9-12,19-20,25H,1,3,5,13H2,2,4,6-8H3,(H,28,29). The molecule has 0 bridgehead atoms. The van der Waals surface area contributed by atoms with E-state index in [9.17, 15) is 19.5 Å². The summed E-state index contributed by atoms with van der Waals surface area (Å²) in [6, 6.07) is 6.46. The fraction of sp³-hybridized carbons (Fsp3) is 0.375. The maximum absolute atomic E-state index is 12.4. The van der Waals surface area contributed by atoms with E-state index in [0.717, 1.165) is 16.7 Å². The molecule has 0 saturated carbocycles. The first-order valence-corrected chi connectivity index (χ1v) is 9.72. The number of allylic oxidation sites excluding steroid dienone is 1. The second-order valence-electron chi connectivity index (χ2n) is 8.12. The third-order valence-corrected chi connectivity index (χ3v) is 4.83. The summed E-state index contributed by atoms with van der Waals surface area (Å²) in [5.41, 5.74) is 2.10. The molecule has 0 heterocycles. The topological polar surface area (TPSA) is 102 Å². The zero-order valence-electron chi connectivity index (χ0n) is 18.8. The van der Waals surface area contributed by atoms with Crippen LogP contribution in [0.4, 0.5) is 4.79 Å². The molecule has 0 radical (unpaired) electrons. The van der Waals surface area contributed by atoms with Crippen LogP contribution in [0.5, 0.6) is 0 Å². The Morgan fingerprint density at radius 3 is 1.94 bits per heavy atom. The molecule has 1 aromatic carbocycles. The van der Waals surface area contributed by atoms with Gasteiger partial charge in [-0.1, -0.05) is 63.4 Å². The van der Waals surface area contributed by atoms with E-state index in [1.807, 2.05) is 45.0 Å². The summed E-state index contributed by atoms with van der Waals surface area (Å²) in [6.45, 7) is 19.2. The summed E-state index contributed by atoms with van der Waals surface area (Å²) in [5, 5.41) is 11.7. The summed E-state index contributed by atoms with van der Waals surface area (Å²) in [4.78, 5) is 35.7. The lowest BCUT2D eigenvalue weighted by atomic mass is 9.76. The van der Waals surface area contributed by atoms with Gasteiger partial charge in [0.1, 0.15) is 18.8 Å². The summed E-state index contributed by atoms with van der Waals surface area (Å²) < 4.78 is 10.9. The Labute approximate surface area is 183 Å². The van der Waals surface area contributed by atoms with E-state index in [4.69, 9.17) is 9.47 Å². The van der Waals surface area contributed by atoms with Crippen LogP contribution in [0.1, 0.15) is 45.7 Å². The molecule has 2 atom stereocenters. The molecule has 0 saturated heterocycles. The number of rotatable bonds is 10. The number of nitrogens with one attached hydrogen (secondary N) is 1. The summed E-state index contributed by atoms with van der Waals surface area (Å²) >= 11 is 0.